The fraction of sp³-hybridized carbons (Fsp3) is 0.812. The first kappa shape index (κ1) is 18.5. The summed E-state index contributed by atoms with van der Waals surface area (Å²) in [4.78, 5) is 0. The number of hydrogen-bond acceptors (Lipinski definition) is 3. The molecule has 0 aliphatic rings. The second kappa shape index (κ2) is 8.16. The van der Waals surface area contributed by atoms with Crippen LogP contribution in [0.3, 0.4) is 0 Å². The van der Waals surface area contributed by atoms with E-state index in [9.17, 15) is 0 Å². The van der Waals surface area contributed by atoms with Crippen molar-refractivity contribution in [3.63, 3.8) is 0 Å². The van der Waals surface area contributed by atoms with Crippen LogP contribution in [0.25, 0.3) is 0 Å². The molecule has 5 heteroatoms. The Morgan fingerprint density at radius 3 is 2.48 bits per heavy atom. The number of rotatable bonds is 8. The quantitative estimate of drug-likeness (QED) is 0.786. The number of halogens is 1. The van der Waals surface area contributed by atoms with E-state index < -0.39 is 0 Å². The van der Waals surface area contributed by atoms with Gasteiger partial charge in [-0.2, -0.15) is 5.10 Å². The molecule has 0 spiro atoms. The molecule has 1 heterocycles. The SMILES string of the molecule is CCCNC(c1c(Cl)cnn1CCC)C(OC)C(C)(C)C. The Bertz CT molecular complexity index is 426. The number of aryl methyl sites for hydroxylation is 1. The molecule has 0 aliphatic heterocycles. The second-order valence-corrected chi connectivity index (χ2v) is 6.96. The summed E-state index contributed by atoms with van der Waals surface area (Å²) in [5.41, 5.74) is 1.04. The summed E-state index contributed by atoms with van der Waals surface area (Å²) >= 11 is 6.43. The highest BCUT2D eigenvalue weighted by atomic mass is 35.5. The predicted molar refractivity (Wildman–Crippen MR) is 88.8 cm³/mol. The molecule has 4 nitrogen and oxygen atoms in total. The van der Waals surface area contributed by atoms with Gasteiger partial charge in [0.05, 0.1) is 29.1 Å². The van der Waals surface area contributed by atoms with Gasteiger partial charge < -0.3 is 10.1 Å². The number of hydrogen-bond donors (Lipinski definition) is 1. The second-order valence-electron chi connectivity index (χ2n) is 6.56. The molecule has 1 aromatic heterocycles. The molecule has 0 bridgehead atoms. The zero-order valence-corrected chi connectivity index (χ0v) is 15.0. The Balaban J connectivity index is 3.21. The van der Waals surface area contributed by atoms with E-state index in [1.807, 2.05) is 4.68 Å². The van der Waals surface area contributed by atoms with E-state index in [0.717, 1.165) is 31.6 Å². The van der Waals surface area contributed by atoms with Gasteiger partial charge in [-0.15, -0.1) is 0 Å². The van der Waals surface area contributed by atoms with Crippen LogP contribution >= 0.6 is 11.6 Å². The van der Waals surface area contributed by atoms with Crippen LogP contribution < -0.4 is 5.32 Å². The molecule has 0 amide bonds. The Morgan fingerprint density at radius 2 is 2.00 bits per heavy atom. The van der Waals surface area contributed by atoms with Gasteiger partial charge in [0.15, 0.2) is 0 Å². The molecule has 1 aromatic rings. The molecule has 122 valence electrons. The first-order valence-corrected chi connectivity index (χ1v) is 8.21. The normalized spacial score (nSPS) is 15.2. The monoisotopic (exact) mass is 315 g/mol. The topological polar surface area (TPSA) is 39.1 Å². The van der Waals surface area contributed by atoms with Crippen LogP contribution in [0.4, 0.5) is 0 Å². The standard InChI is InChI=1S/C16H30ClN3O/c1-7-9-18-13(15(21-6)16(3,4)5)14-12(17)11-19-20(14)10-8-2/h11,13,15,18H,7-10H2,1-6H3. The fourth-order valence-corrected chi connectivity index (χ4v) is 2.97. The molecule has 0 saturated carbocycles. The highest BCUT2D eigenvalue weighted by molar-refractivity contribution is 6.31. The molecule has 21 heavy (non-hydrogen) atoms. The van der Waals surface area contributed by atoms with Crippen LogP contribution in [0.2, 0.25) is 5.02 Å². The Kier molecular flexibility index (Phi) is 7.17. The smallest absolute Gasteiger partial charge is 0.0835 e. The third-order valence-electron chi connectivity index (χ3n) is 3.59. The first-order chi connectivity index (χ1) is 9.86. The third kappa shape index (κ3) is 4.70. The van der Waals surface area contributed by atoms with Crippen molar-refractivity contribution in [1.82, 2.24) is 15.1 Å². The van der Waals surface area contributed by atoms with Gasteiger partial charge in [0, 0.05) is 13.7 Å². The van der Waals surface area contributed by atoms with Crippen molar-refractivity contribution in [2.24, 2.45) is 5.41 Å². The molecule has 1 N–H and O–H groups in total. The van der Waals surface area contributed by atoms with Crippen molar-refractivity contribution in [3.8, 4) is 0 Å². The van der Waals surface area contributed by atoms with Gasteiger partial charge >= 0.3 is 0 Å². The van der Waals surface area contributed by atoms with Crippen molar-refractivity contribution in [2.75, 3.05) is 13.7 Å². The van der Waals surface area contributed by atoms with E-state index in [2.05, 4.69) is 45.0 Å². The van der Waals surface area contributed by atoms with Crippen molar-refractivity contribution in [3.05, 3.63) is 16.9 Å². The number of aromatic nitrogens is 2. The maximum atomic E-state index is 6.43. The molecular formula is C16H30ClN3O. The lowest BCUT2D eigenvalue weighted by Gasteiger charge is -2.37. The van der Waals surface area contributed by atoms with Crippen molar-refractivity contribution in [2.45, 2.75) is 66.2 Å². The van der Waals surface area contributed by atoms with Crippen LogP contribution in [0.15, 0.2) is 6.20 Å². The molecule has 1 rings (SSSR count). The summed E-state index contributed by atoms with van der Waals surface area (Å²) in [5.74, 6) is 0. The number of ether oxygens (including phenoxy) is 1. The summed E-state index contributed by atoms with van der Waals surface area (Å²) in [7, 11) is 1.77. The zero-order chi connectivity index (χ0) is 16.0. The lowest BCUT2D eigenvalue weighted by Crippen LogP contribution is -2.43. The van der Waals surface area contributed by atoms with Gasteiger partial charge in [-0.05, 0) is 24.8 Å². The van der Waals surface area contributed by atoms with Crippen LogP contribution in [-0.4, -0.2) is 29.5 Å². The molecule has 0 radical (unpaired) electrons. The molecule has 0 fully saturated rings. The van der Waals surface area contributed by atoms with E-state index in [1.54, 1.807) is 13.3 Å². The minimum atomic E-state index is 0.00476. The van der Waals surface area contributed by atoms with Crippen LogP contribution in [-0.2, 0) is 11.3 Å². The van der Waals surface area contributed by atoms with Gasteiger partial charge in [-0.3, -0.25) is 4.68 Å². The molecular weight excluding hydrogens is 286 g/mol. The van der Waals surface area contributed by atoms with Gasteiger partial charge in [-0.25, -0.2) is 0 Å². The Labute approximate surface area is 134 Å². The number of nitrogens with one attached hydrogen (secondary N) is 1. The molecule has 0 aromatic carbocycles. The molecule has 0 aliphatic carbocycles. The summed E-state index contributed by atoms with van der Waals surface area (Å²) in [5, 5.41) is 8.73. The lowest BCUT2D eigenvalue weighted by atomic mass is 9.83. The van der Waals surface area contributed by atoms with Crippen LogP contribution in [0.1, 0.15) is 59.2 Å². The highest BCUT2D eigenvalue weighted by Gasteiger charge is 2.36. The highest BCUT2D eigenvalue weighted by Crippen LogP contribution is 2.35. The van der Waals surface area contributed by atoms with Crippen LogP contribution in [0.5, 0.6) is 0 Å². The van der Waals surface area contributed by atoms with Crippen LogP contribution in [0, 0.1) is 5.41 Å². The number of nitrogens with zero attached hydrogens (tertiary/aromatic N) is 2. The molecule has 2 atom stereocenters. The summed E-state index contributed by atoms with van der Waals surface area (Å²) in [6.45, 7) is 12.7. The third-order valence-corrected chi connectivity index (χ3v) is 3.88. The van der Waals surface area contributed by atoms with E-state index in [-0.39, 0.29) is 17.6 Å². The first-order valence-electron chi connectivity index (χ1n) is 7.84. The Hall–Kier alpha value is -0.580. The summed E-state index contributed by atoms with van der Waals surface area (Å²) in [6, 6.07) is 0.0384. The fourth-order valence-electron chi connectivity index (χ4n) is 2.71. The van der Waals surface area contributed by atoms with Gasteiger partial charge in [0.2, 0.25) is 0 Å². The zero-order valence-electron chi connectivity index (χ0n) is 14.2. The molecule has 0 saturated heterocycles. The van der Waals surface area contributed by atoms with Gasteiger partial charge in [0.25, 0.3) is 0 Å². The van der Waals surface area contributed by atoms with E-state index in [0.29, 0.717) is 5.02 Å². The summed E-state index contributed by atoms with van der Waals surface area (Å²) < 4.78 is 7.83. The van der Waals surface area contributed by atoms with E-state index in [4.69, 9.17) is 16.3 Å². The van der Waals surface area contributed by atoms with Crippen molar-refractivity contribution < 1.29 is 4.74 Å². The summed E-state index contributed by atoms with van der Waals surface area (Å²) in [6.07, 6.45) is 3.85. The maximum absolute atomic E-state index is 6.43. The van der Waals surface area contributed by atoms with Crippen molar-refractivity contribution in [1.29, 1.82) is 0 Å². The Morgan fingerprint density at radius 1 is 1.33 bits per heavy atom. The lowest BCUT2D eigenvalue weighted by molar-refractivity contribution is -0.0140. The molecule has 2 unspecified atom stereocenters. The van der Waals surface area contributed by atoms with Gasteiger partial charge in [-0.1, -0.05) is 46.2 Å². The van der Waals surface area contributed by atoms with E-state index >= 15 is 0 Å². The van der Waals surface area contributed by atoms with Gasteiger partial charge in [0.1, 0.15) is 0 Å². The van der Waals surface area contributed by atoms with Crippen molar-refractivity contribution >= 4 is 11.6 Å². The average Bonchev–Trinajstić information content (AvgIpc) is 2.75. The minimum Gasteiger partial charge on any atom is -0.379 e. The predicted octanol–water partition coefficient (Wildman–Crippen LogP) is 4.05. The average molecular weight is 316 g/mol. The number of methoxy groups -OCH3 is 1. The largest absolute Gasteiger partial charge is 0.379 e. The maximum Gasteiger partial charge on any atom is 0.0835 e. The minimum absolute atomic E-state index is 0.00476. The van der Waals surface area contributed by atoms with E-state index in [1.165, 1.54) is 0 Å².